The summed E-state index contributed by atoms with van der Waals surface area (Å²) < 4.78 is 0. The number of benzene rings is 1. The van der Waals surface area contributed by atoms with Gasteiger partial charge >= 0.3 is 0 Å². The molecule has 0 radical (unpaired) electrons. The van der Waals surface area contributed by atoms with Crippen LogP contribution in [0.3, 0.4) is 0 Å². The van der Waals surface area contributed by atoms with E-state index < -0.39 is 5.60 Å². The molecule has 1 atom stereocenters. The molecule has 1 unspecified atom stereocenters. The van der Waals surface area contributed by atoms with Gasteiger partial charge in [0.15, 0.2) is 0 Å². The molecule has 0 amide bonds. The number of aryl methyl sites for hydroxylation is 1. The van der Waals surface area contributed by atoms with Gasteiger partial charge in [-0.2, -0.15) is 0 Å². The van der Waals surface area contributed by atoms with Gasteiger partial charge in [-0.05, 0) is 42.7 Å². The minimum atomic E-state index is -0.619. The summed E-state index contributed by atoms with van der Waals surface area (Å²) in [6, 6.07) is 8.45. The van der Waals surface area contributed by atoms with E-state index in [-0.39, 0.29) is 11.3 Å². The summed E-state index contributed by atoms with van der Waals surface area (Å²) in [7, 11) is 0. The highest BCUT2D eigenvalue weighted by Gasteiger charge is 2.34. The second kappa shape index (κ2) is 4.81. The number of hydrogen-bond donors (Lipinski definition) is 1. The quantitative estimate of drug-likeness (QED) is 0.832. The van der Waals surface area contributed by atoms with Crippen LogP contribution in [0.15, 0.2) is 24.3 Å². The fraction of sp³-hybridized carbons (Fsp3) is 0.625. The molecule has 1 N–H and O–H groups in total. The van der Waals surface area contributed by atoms with Gasteiger partial charge in [0, 0.05) is 0 Å². The first-order valence-electron chi connectivity index (χ1n) is 6.45. The molecule has 0 saturated carbocycles. The molecule has 0 saturated heterocycles. The van der Waals surface area contributed by atoms with Crippen molar-refractivity contribution in [3.05, 3.63) is 35.4 Å². The van der Waals surface area contributed by atoms with Crippen LogP contribution in [-0.4, -0.2) is 10.7 Å². The number of rotatable bonds is 4. The summed E-state index contributed by atoms with van der Waals surface area (Å²) in [5.74, 6) is 0.269. The maximum Gasteiger partial charge on any atom is 0.0650 e. The molecule has 0 heterocycles. The van der Waals surface area contributed by atoms with E-state index in [0.29, 0.717) is 0 Å². The normalized spacial score (nSPS) is 16.0. The molecule has 0 aliphatic carbocycles. The molecule has 0 aliphatic heterocycles. The van der Waals surface area contributed by atoms with Crippen LogP contribution in [0.4, 0.5) is 0 Å². The standard InChI is InChI=1S/C16H26O/c1-12(2)16(6,17)11-15(4,5)14-10-8-7-9-13(14)3/h7-10,12,17H,11H2,1-6H3. The third kappa shape index (κ3) is 3.32. The highest BCUT2D eigenvalue weighted by atomic mass is 16.3. The lowest BCUT2D eigenvalue weighted by Crippen LogP contribution is -2.38. The van der Waals surface area contributed by atoms with E-state index in [9.17, 15) is 5.11 Å². The molecule has 1 heteroatoms. The molecular weight excluding hydrogens is 208 g/mol. The fourth-order valence-corrected chi connectivity index (χ4v) is 2.53. The van der Waals surface area contributed by atoms with Crippen molar-refractivity contribution >= 4 is 0 Å². The van der Waals surface area contributed by atoms with E-state index in [1.54, 1.807) is 0 Å². The smallest absolute Gasteiger partial charge is 0.0650 e. The number of aliphatic hydroxyl groups is 1. The molecule has 1 nitrogen and oxygen atoms in total. The maximum absolute atomic E-state index is 10.5. The van der Waals surface area contributed by atoms with Crippen molar-refractivity contribution in [2.45, 2.75) is 59.0 Å². The van der Waals surface area contributed by atoms with Crippen molar-refractivity contribution in [3.63, 3.8) is 0 Å². The molecule has 0 spiro atoms. The first kappa shape index (κ1) is 14.2. The fourth-order valence-electron chi connectivity index (χ4n) is 2.53. The van der Waals surface area contributed by atoms with Gasteiger partial charge in [0.25, 0.3) is 0 Å². The Kier molecular flexibility index (Phi) is 4.03. The van der Waals surface area contributed by atoms with E-state index in [2.05, 4.69) is 58.9 Å². The molecular formula is C16H26O. The minimum absolute atomic E-state index is 0.000880. The van der Waals surface area contributed by atoms with Crippen molar-refractivity contribution in [2.75, 3.05) is 0 Å². The van der Waals surface area contributed by atoms with Crippen molar-refractivity contribution in [3.8, 4) is 0 Å². The summed E-state index contributed by atoms with van der Waals surface area (Å²) in [4.78, 5) is 0. The van der Waals surface area contributed by atoms with Crippen LogP contribution in [-0.2, 0) is 5.41 Å². The Morgan fingerprint density at radius 1 is 1.12 bits per heavy atom. The molecule has 96 valence electrons. The van der Waals surface area contributed by atoms with E-state index in [1.807, 2.05) is 6.92 Å². The van der Waals surface area contributed by atoms with Crippen molar-refractivity contribution in [1.29, 1.82) is 0 Å². The predicted octanol–water partition coefficient (Wildman–Crippen LogP) is 4.07. The Morgan fingerprint density at radius 2 is 1.65 bits per heavy atom. The van der Waals surface area contributed by atoms with Gasteiger partial charge in [-0.25, -0.2) is 0 Å². The molecule has 17 heavy (non-hydrogen) atoms. The summed E-state index contributed by atoms with van der Waals surface area (Å²) in [5, 5.41) is 10.5. The van der Waals surface area contributed by atoms with Gasteiger partial charge < -0.3 is 5.11 Å². The van der Waals surface area contributed by atoms with Crippen LogP contribution in [0.5, 0.6) is 0 Å². The summed E-state index contributed by atoms with van der Waals surface area (Å²) in [6.07, 6.45) is 0.780. The maximum atomic E-state index is 10.5. The Bertz CT molecular complexity index is 375. The second-order valence-electron chi connectivity index (χ2n) is 6.39. The largest absolute Gasteiger partial charge is 0.390 e. The Balaban J connectivity index is 3.01. The molecule has 0 aliphatic rings. The molecule has 1 aromatic rings. The lowest BCUT2D eigenvalue weighted by Gasteiger charge is -2.37. The molecule has 1 aromatic carbocycles. The monoisotopic (exact) mass is 234 g/mol. The van der Waals surface area contributed by atoms with Gasteiger partial charge in [0.2, 0.25) is 0 Å². The van der Waals surface area contributed by atoms with Crippen LogP contribution in [0.1, 0.15) is 52.2 Å². The first-order chi connectivity index (χ1) is 7.67. The van der Waals surface area contributed by atoms with Gasteiger partial charge in [-0.1, -0.05) is 52.0 Å². The van der Waals surface area contributed by atoms with Gasteiger partial charge in [-0.15, -0.1) is 0 Å². The minimum Gasteiger partial charge on any atom is -0.390 e. The van der Waals surface area contributed by atoms with Crippen LogP contribution < -0.4 is 0 Å². The lowest BCUT2D eigenvalue weighted by molar-refractivity contribution is -0.0114. The van der Waals surface area contributed by atoms with Crippen LogP contribution in [0, 0.1) is 12.8 Å². The second-order valence-corrected chi connectivity index (χ2v) is 6.39. The Labute approximate surface area is 106 Å². The third-order valence-corrected chi connectivity index (χ3v) is 3.92. The average molecular weight is 234 g/mol. The molecule has 0 aromatic heterocycles. The summed E-state index contributed by atoms with van der Waals surface area (Å²) in [6.45, 7) is 12.7. The third-order valence-electron chi connectivity index (χ3n) is 3.92. The van der Waals surface area contributed by atoms with Crippen molar-refractivity contribution in [2.24, 2.45) is 5.92 Å². The first-order valence-corrected chi connectivity index (χ1v) is 6.45. The predicted molar refractivity (Wildman–Crippen MR) is 74.3 cm³/mol. The van der Waals surface area contributed by atoms with Gasteiger partial charge in [0.1, 0.15) is 0 Å². The average Bonchev–Trinajstić information content (AvgIpc) is 2.16. The van der Waals surface area contributed by atoms with Gasteiger partial charge in [-0.3, -0.25) is 0 Å². The van der Waals surface area contributed by atoms with Crippen LogP contribution >= 0.6 is 0 Å². The van der Waals surface area contributed by atoms with Crippen LogP contribution in [0.25, 0.3) is 0 Å². The zero-order valence-electron chi connectivity index (χ0n) is 12.0. The lowest BCUT2D eigenvalue weighted by atomic mass is 9.71. The van der Waals surface area contributed by atoms with E-state index >= 15 is 0 Å². The highest BCUT2D eigenvalue weighted by molar-refractivity contribution is 5.32. The van der Waals surface area contributed by atoms with Gasteiger partial charge in [0.05, 0.1) is 5.60 Å². The Hall–Kier alpha value is -0.820. The summed E-state index contributed by atoms with van der Waals surface area (Å²) >= 11 is 0. The van der Waals surface area contributed by atoms with E-state index in [4.69, 9.17) is 0 Å². The zero-order valence-corrected chi connectivity index (χ0v) is 12.0. The van der Waals surface area contributed by atoms with Crippen molar-refractivity contribution in [1.82, 2.24) is 0 Å². The molecule has 1 rings (SSSR count). The van der Waals surface area contributed by atoms with Crippen molar-refractivity contribution < 1.29 is 5.11 Å². The zero-order chi connectivity index (χ0) is 13.3. The molecule has 0 fully saturated rings. The Morgan fingerprint density at radius 3 is 2.12 bits per heavy atom. The van der Waals surface area contributed by atoms with Crippen LogP contribution in [0.2, 0.25) is 0 Å². The van der Waals surface area contributed by atoms with E-state index in [0.717, 1.165) is 6.42 Å². The topological polar surface area (TPSA) is 20.2 Å². The summed E-state index contributed by atoms with van der Waals surface area (Å²) in [5.41, 5.74) is 2.02. The SMILES string of the molecule is Cc1ccccc1C(C)(C)CC(C)(O)C(C)C. The highest BCUT2D eigenvalue weighted by Crippen LogP contribution is 2.36. The molecule has 0 bridgehead atoms. The number of hydrogen-bond acceptors (Lipinski definition) is 1. The van der Waals surface area contributed by atoms with E-state index in [1.165, 1.54) is 11.1 Å².